The molecule has 12 heteroatoms. The summed E-state index contributed by atoms with van der Waals surface area (Å²) in [6.07, 6.45) is -0.221. The molecule has 1 aromatic carbocycles. The van der Waals surface area contributed by atoms with Crippen LogP contribution in [0.4, 0.5) is 0 Å². The highest BCUT2D eigenvalue weighted by Crippen LogP contribution is 2.58. The molecule has 34 heavy (non-hydrogen) atoms. The number of carbonyl (C=O) groups is 3. The predicted molar refractivity (Wildman–Crippen MR) is 125 cm³/mol. The number of Topliss-reactive ketones (excluding diaryl/α,β-unsaturated/α-hetero) is 2. The minimum atomic E-state index is -2.76. The zero-order chi connectivity index (χ0) is 24.8. The molecule has 0 radical (unpaired) electrons. The van der Waals surface area contributed by atoms with Gasteiger partial charge in [-0.1, -0.05) is 15.9 Å². The summed E-state index contributed by atoms with van der Waals surface area (Å²) in [5, 5.41) is 55.3. The number of phenols is 1. The van der Waals surface area contributed by atoms with Crippen molar-refractivity contribution < 1.29 is 39.9 Å². The molecule has 1 amide bonds. The van der Waals surface area contributed by atoms with Crippen molar-refractivity contribution in [3.63, 3.8) is 0 Å². The van der Waals surface area contributed by atoms with Crippen molar-refractivity contribution in [2.45, 2.75) is 30.6 Å². The number of aromatic hydroxyl groups is 1. The molecule has 7 N–H and O–H groups in total. The van der Waals surface area contributed by atoms with Crippen molar-refractivity contribution in [2.75, 3.05) is 14.1 Å². The predicted octanol–water partition coefficient (Wildman–Crippen LogP) is 0.813. The Bertz CT molecular complexity index is 1210. The third-order valence-corrected chi connectivity index (χ3v) is 7.73. The fourth-order valence-electron chi connectivity index (χ4n) is 5.58. The van der Waals surface area contributed by atoms with Gasteiger partial charge in [-0.15, -0.1) is 12.4 Å². The molecule has 1 aromatic rings. The van der Waals surface area contributed by atoms with Crippen molar-refractivity contribution in [1.82, 2.24) is 4.90 Å². The van der Waals surface area contributed by atoms with Gasteiger partial charge in [-0.05, 0) is 39.6 Å². The van der Waals surface area contributed by atoms with Crippen LogP contribution in [0.15, 0.2) is 33.5 Å². The van der Waals surface area contributed by atoms with Gasteiger partial charge in [0.15, 0.2) is 11.4 Å². The van der Waals surface area contributed by atoms with E-state index in [1.54, 1.807) is 0 Å². The maximum atomic E-state index is 13.7. The number of primary amides is 1. The molecule has 0 aromatic heterocycles. The first-order valence-electron chi connectivity index (χ1n) is 10.1. The lowest BCUT2D eigenvalue weighted by molar-refractivity contribution is -0.159. The van der Waals surface area contributed by atoms with Crippen LogP contribution >= 0.6 is 28.3 Å². The highest BCUT2D eigenvalue weighted by molar-refractivity contribution is 9.10. The molecule has 184 valence electrons. The van der Waals surface area contributed by atoms with Gasteiger partial charge >= 0.3 is 0 Å². The fraction of sp³-hybridized carbons (Fsp3) is 0.409. The Morgan fingerprint density at radius 1 is 1.18 bits per heavy atom. The number of nitrogens with two attached hydrogens (primary N) is 1. The Balaban J connectivity index is 0.00000324. The smallest absolute Gasteiger partial charge is 0.255 e. The van der Waals surface area contributed by atoms with Gasteiger partial charge in [-0.3, -0.25) is 19.3 Å². The Morgan fingerprint density at radius 2 is 1.76 bits per heavy atom. The van der Waals surface area contributed by atoms with E-state index in [0.29, 0.717) is 4.47 Å². The monoisotopic (exact) mass is 558 g/mol. The van der Waals surface area contributed by atoms with E-state index in [1.807, 2.05) is 0 Å². The molecule has 0 aliphatic heterocycles. The van der Waals surface area contributed by atoms with Gasteiger partial charge < -0.3 is 31.3 Å². The number of nitrogens with zero attached hydrogens (tertiary/aromatic N) is 1. The molecular weight excluding hydrogens is 536 g/mol. The Kier molecular flexibility index (Phi) is 6.20. The summed E-state index contributed by atoms with van der Waals surface area (Å²) in [6, 6.07) is 1.50. The topological polar surface area (TPSA) is 182 Å². The molecule has 0 saturated heterocycles. The highest BCUT2D eigenvalue weighted by atomic mass is 79.9. The number of amides is 1. The van der Waals surface area contributed by atoms with Gasteiger partial charge in [-0.25, -0.2) is 0 Å². The summed E-state index contributed by atoms with van der Waals surface area (Å²) < 4.78 is 0.363. The van der Waals surface area contributed by atoms with Crippen LogP contribution in [-0.4, -0.2) is 73.6 Å². The van der Waals surface area contributed by atoms with Gasteiger partial charge in [0.05, 0.1) is 17.2 Å². The van der Waals surface area contributed by atoms with Gasteiger partial charge in [0.25, 0.3) is 5.91 Å². The standard InChI is InChI=1S/C22H23BrN2O8.ClH/c1-21(32)7-6-8-15(25(2)3)17(28)13(20(24)31)19(30)22(8,33)18(29)11(7)16(27)12-10(26)5-4-9(23)14(12)21;/h4-5,7-8,15,26-27,30,32-33H,6H2,1-3H3,(H2,24,31);1H. The molecule has 5 atom stereocenters. The van der Waals surface area contributed by atoms with Crippen LogP contribution in [-0.2, 0) is 20.0 Å². The van der Waals surface area contributed by atoms with Gasteiger partial charge in [-0.2, -0.15) is 0 Å². The van der Waals surface area contributed by atoms with Gasteiger partial charge in [0.1, 0.15) is 22.8 Å². The molecule has 10 nitrogen and oxygen atoms in total. The molecular formula is C22H24BrClN2O8. The molecule has 0 spiro atoms. The van der Waals surface area contributed by atoms with E-state index in [1.165, 1.54) is 38.1 Å². The number of likely N-dealkylation sites (N-methyl/N-ethyl adjacent to an activating group) is 1. The average Bonchev–Trinajstić information content (AvgIpc) is 2.69. The zero-order valence-electron chi connectivity index (χ0n) is 18.4. The number of aliphatic hydroxyl groups excluding tert-OH is 2. The summed E-state index contributed by atoms with van der Waals surface area (Å²) in [6.45, 7) is 1.39. The van der Waals surface area contributed by atoms with E-state index >= 15 is 0 Å². The SMILES string of the molecule is CN(C)C1C(=O)C(C(N)=O)=C(O)C2(O)C(=O)C3=C(O)c4c(O)ccc(Br)c4C(C)(O)C3CC12.Cl. The summed E-state index contributed by atoms with van der Waals surface area (Å²) in [5.41, 5.74) is -0.701. The number of halogens is 2. The first-order chi connectivity index (χ1) is 15.2. The number of rotatable bonds is 2. The molecule has 0 heterocycles. The van der Waals surface area contributed by atoms with E-state index in [2.05, 4.69) is 15.9 Å². The van der Waals surface area contributed by atoms with Crippen LogP contribution in [0.2, 0.25) is 0 Å². The number of phenolic OH excluding ortho intramolecular Hbond substituents is 1. The number of hydrogen-bond acceptors (Lipinski definition) is 9. The molecule has 1 fully saturated rings. The summed E-state index contributed by atoms with van der Waals surface area (Å²) >= 11 is 3.31. The van der Waals surface area contributed by atoms with Crippen LogP contribution in [0.3, 0.4) is 0 Å². The zero-order valence-corrected chi connectivity index (χ0v) is 20.8. The third kappa shape index (κ3) is 3.07. The molecule has 5 unspecified atom stereocenters. The minimum absolute atomic E-state index is 0. The lowest BCUT2D eigenvalue weighted by Gasteiger charge is -2.53. The normalized spacial score (nSPS) is 32.7. The first-order valence-corrected chi connectivity index (χ1v) is 10.9. The fourth-order valence-corrected chi connectivity index (χ4v) is 6.31. The van der Waals surface area contributed by atoms with Crippen LogP contribution in [0, 0.1) is 11.8 Å². The Labute approximate surface area is 208 Å². The van der Waals surface area contributed by atoms with Crippen LogP contribution in [0.25, 0.3) is 5.76 Å². The van der Waals surface area contributed by atoms with Crippen molar-refractivity contribution in [3.8, 4) is 5.75 Å². The molecule has 4 rings (SSSR count). The molecule has 1 saturated carbocycles. The van der Waals surface area contributed by atoms with Crippen LogP contribution in [0.5, 0.6) is 5.75 Å². The van der Waals surface area contributed by atoms with E-state index < -0.39 is 75.0 Å². The maximum Gasteiger partial charge on any atom is 0.255 e. The van der Waals surface area contributed by atoms with E-state index in [0.717, 1.165) is 0 Å². The largest absolute Gasteiger partial charge is 0.508 e. The lowest BCUT2D eigenvalue weighted by Crippen LogP contribution is -2.67. The molecule has 3 aliphatic carbocycles. The number of ketones is 2. The highest BCUT2D eigenvalue weighted by Gasteiger charge is 2.66. The summed E-state index contributed by atoms with van der Waals surface area (Å²) in [7, 11) is 3.00. The molecule has 0 bridgehead atoms. The first kappa shape index (κ1) is 26.2. The van der Waals surface area contributed by atoms with Crippen molar-refractivity contribution >= 4 is 51.6 Å². The van der Waals surface area contributed by atoms with E-state index in [9.17, 15) is 39.9 Å². The van der Waals surface area contributed by atoms with E-state index in [4.69, 9.17) is 5.73 Å². The Morgan fingerprint density at radius 3 is 2.29 bits per heavy atom. The van der Waals surface area contributed by atoms with Crippen molar-refractivity contribution in [1.29, 1.82) is 0 Å². The number of carbonyl (C=O) groups excluding carboxylic acids is 3. The summed E-state index contributed by atoms with van der Waals surface area (Å²) in [5.74, 6) is -8.03. The maximum absolute atomic E-state index is 13.7. The van der Waals surface area contributed by atoms with Crippen LogP contribution in [0.1, 0.15) is 24.5 Å². The molecule has 3 aliphatic rings. The third-order valence-electron chi connectivity index (χ3n) is 7.07. The quantitative estimate of drug-likeness (QED) is 0.286. The number of benzene rings is 1. The van der Waals surface area contributed by atoms with Crippen molar-refractivity contribution in [3.05, 3.63) is 44.6 Å². The number of fused-ring (bicyclic) bond motifs is 3. The van der Waals surface area contributed by atoms with Crippen LogP contribution < -0.4 is 5.73 Å². The second-order valence-electron chi connectivity index (χ2n) is 9.08. The second-order valence-corrected chi connectivity index (χ2v) is 9.93. The van der Waals surface area contributed by atoms with Gasteiger partial charge in [0, 0.05) is 27.4 Å². The summed E-state index contributed by atoms with van der Waals surface area (Å²) in [4.78, 5) is 40.1. The van der Waals surface area contributed by atoms with Crippen molar-refractivity contribution in [2.24, 2.45) is 17.6 Å². The minimum Gasteiger partial charge on any atom is -0.508 e. The second kappa shape index (κ2) is 8.06. The number of hydrogen-bond donors (Lipinski definition) is 6. The number of aliphatic hydroxyl groups is 4. The average molecular weight is 560 g/mol. The Hall–Kier alpha value is -2.44. The van der Waals surface area contributed by atoms with Gasteiger partial charge in [0.2, 0.25) is 5.78 Å². The lowest BCUT2D eigenvalue weighted by atomic mass is 9.54. The van der Waals surface area contributed by atoms with E-state index in [-0.39, 0.29) is 30.0 Å².